The van der Waals surface area contributed by atoms with Crippen molar-refractivity contribution in [2.75, 3.05) is 6.54 Å². The van der Waals surface area contributed by atoms with Gasteiger partial charge in [0.15, 0.2) is 0 Å². The first-order chi connectivity index (χ1) is 18.1. The molecule has 7 nitrogen and oxygen atoms in total. The Bertz CT molecular complexity index is 1150. The van der Waals surface area contributed by atoms with Crippen LogP contribution in [0.3, 0.4) is 0 Å². The second-order valence-corrected chi connectivity index (χ2v) is 9.21. The lowest BCUT2D eigenvalue weighted by molar-refractivity contribution is -0.145. The van der Waals surface area contributed by atoms with E-state index in [0.717, 1.165) is 36.1 Å². The standard InChI is InChI=1S/C30H33N3O4/c34-28(19-26(23-13-6-2-7-14-23)33-30(36)25-17-10-18-31-25)32-27(24-15-8-3-9-16-24)20-29(35)37-21-22-11-4-1-5-12-22/h1-9,11-16,25-27,31H,10,17-21H2,(H,32,34)(H,33,36)/t25-,26-,27+/m1/s1. The highest BCUT2D eigenvalue weighted by atomic mass is 16.5. The van der Waals surface area contributed by atoms with Crippen LogP contribution in [-0.4, -0.2) is 30.4 Å². The molecule has 0 spiro atoms. The normalized spacial score (nSPS) is 16.4. The lowest BCUT2D eigenvalue weighted by Gasteiger charge is -2.23. The minimum atomic E-state index is -0.555. The second kappa shape index (κ2) is 13.4. The van der Waals surface area contributed by atoms with Crippen LogP contribution >= 0.6 is 0 Å². The molecule has 37 heavy (non-hydrogen) atoms. The number of hydrogen-bond donors (Lipinski definition) is 3. The number of benzene rings is 3. The summed E-state index contributed by atoms with van der Waals surface area (Å²) >= 11 is 0. The van der Waals surface area contributed by atoms with Gasteiger partial charge in [-0.1, -0.05) is 91.0 Å². The van der Waals surface area contributed by atoms with Crippen LogP contribution in [0.25, 0.3) is 0 Å². The molecule has 2 amide bonds. The summed E-state index contributed by atoms with van der Waals surface area (Å²) in [7, 11) is 0. The number of amides is 2. The molecule has 192 valence electrons. The van der Waals surface area contributed by atoms with Crippen molar-refractivity contribution in [3.8, 4) is 0 Å². The molecule has 0 aliphatic carbocycles. The van der Waals surface area contributed by atoms with Crippen LogP contribution in [0.15, 0.2) is 91.0 Å². The molecule has 0 unspecified atom stereocenters. The Morgan fingerprint density at radius 2 is 1.35 bits per heavy atom. The average Bonchev–Trinajstić information content (AvgIpc) is 3.48. The summed E-state index contributed by atoms with van der Waals surface area (Å²) in [6, 6.07) is 27.0. The van der Waals surface area contributed by atoms with Crippen LogP contribution in [0.4, 0.5) is 0 Å². The molecule has 3 atom stereocenters. The zero-order valence-electron chi connectivity index (χ0n) is 20.8. The molecule has 4 rings (SSSR count). The van der Waals surface area contributed by atoms with Crippen LogP contribution in [0.2, 0.25) is 0 Å². The summed E-state index contributed by atoms with van der Waals surface area (Å²) < 4.78 is 5.47. The first-order valence-corrected chi connectivity index (χ1v) is 12.7. The fraction of sp³-hybridized carbons (Fsp3) is 0.300. The number of ether oxygens (including phenoxy) is 1. The van der Waals surface area contributed by atoms with Crippen molar-refractivity contribution in [2.45, 2.75) is 50.4 Å². The third-order valence-corrected chi connectivity index (χ3v) is 6.44. The first-order valence-electron chi connectivity index (χ1n) is 12.7. The van der Waals surface area contributed by atoms with Crippen LogP contribution in [0.5, 0.6) is 0 Å². The van der Waals surface area contributed by atoms with E-state index in [-0.39, 0.29) is 37.3 Å². The molecule has 0 aromatic heterocycles. The predicted molar refractivity (Wildman–Crippen MR) is 141 cm³/mol. The third-order valence-electron chi connectivity index (χ3n) is 6.44. The maximum absolute atomic E-state index is 13.2. The molecule has 1 aliphatic rings. The highest BCUT2D eigenvalue weighted by molar-refractivity contribution is 5.84. The van der Waals surface area contributed by atoms with Gasteiger partial charge in [-0.25, -0.2) is 0 Å². The molecular weight excluding hydrogens is 466 g/mol. The van der Waals surface area contributed by atoms with E-state index in [1.807, 2.05) is 91.0 Å². The highest BCUT2D eigenvalue weighted by Crippen LogP contribution is 2.21. The minimum absolute atomic E-state index is 0.00303. The smallest absolute Gasteiger partial charge is 0.308 e. The Hall–Kier alpha value is -3.97. The molecular formula is C30H33N3O4. The van der Waals surface area contributed by atoms with E-state index in [0.29, 0.717) is 0 Å². The van der Waals surface area contributed by atoms with E-state index in [1.165, 1.54) is 0 Å². The molecule has 0 bridgehead atoms. The molecule has 1 saturated heterocycles. The summed E-state index contributed by atoms with van der Waals surface area (Å²) in [5, 5.41) is 9.24. The Morgan fingerprint density at radius 3 is 1.92 bits per heavy atom. The number of esters is 1. The van der Waals surface area contributed by atoms with E-state index >= 15 is 0 Å². The predicted octanol–water partition coefficient (Wildman–Crippen LogP) is 3.98. The largest absolute Gasteiger partial charge is 0.461 e. The Kier molecular flexibility index (Phi) is 9.43. The van der Waals surface area contributed by atoms with Crippen LogP contribution < -0.4 is 16.0 Å². The number of carbonyl (C=O) groups excluding carboxylic acids is 3. The Balaban J connectivity index is 1.42. The molecule has 1 aliphatic heterocycles. The van der Waals surface area contributed by atoms with Gasteiger partial charge < -0.3 is 20.7 Å². The molecule has 3 aromatic carbocycles. The SMILES string of the molecule is O=C(C[C@@H](NC(=O)[C@H]1CCCN1)c1ccccc1)N[C@@H](CC(=O)OCc1ccccc1)c1ccccc1. The van der Waals surface area contributed by atoms with Gasteiger partial charge in [0.25, 0.3) is 0 Å². The fourth-order valence-corrected chi connectivity index (χ4v) is 4.46. The first kappa shape index (κ1) is 26.1. The molecule has 7 heteroatoms. The van der Waals surface area contributed by atoms with Crippen molar-refractivity contribution in [3.63, 3.8) is 0 Å². The lowest BCUT2D eigenvalue weighted by atomic mass is 10.0. The third kappa shape index (κ3) is 8.02. The van der Waals surface area contributed by atoms with Gasteiger partial charge in [0.05, 0.1) is 31.0 Å². The fourth-order valence-electron chi connectivity index (χ4n) is 4.46. The zero-order valence-corrected chi connectivity index (χ0v) is 20.8. The number of nitrogens with one attached hydrogen (secondary N) is 3. The van der Waals surface area contributed by atoms with Crippen molar-refractivity contribution < 1.29 is 19.1 Å². The molecule has 1 fully saturated rings. The van der Waals surface area contributed by atoms with Gasteiger partial charge in [-0.05, 0) is 36.1 Å². The molecule has 1 heterocycles. The van der Waals surface area contributed by atoms with Crippen molar-refractivity contribution in [1.29, 1.82) is 0 Å². The molecule has 3 aromatic rings. The van der Waals surface area contributed by atoms with Crippen molar-refractivity contribution >= 4 is 17.8 Å². The van der Waals surface area contributed by atoms with Gasteiger partial charge in [-0.3, -0.25) is 14.4 Å². The summed E-state index contributed by atoms with van der Waals surface area (Å²) in [4.78, 5) is 38.7. The zero-order chi connectivity index (χ0) is 25.9. The summed E-state index contributed by atoms with van der Waals surface area (Å²) in [5.74, 6) is -0.778. The average molecular weight is 500 g/mol. The summed E-state index contributed by atoms with van der Waals surface area (Å²) in [6.07, 6.45) is 1.77. The van der Waals surface area contributed by atoms with Gasteiger partial charge in [0.1, 0.15) is 6.61 Å². The quantitative estimate of drug-likeness (QED) is 0.347. The number of rotatable bonds is 11. The van der Waals surface area contributed by atoms with E-state index < -0.39 is 18.1 Å². The Morgan fingerprint density at radius 1 is 0.784 bits per heavy atom. The molecule has 3 N–H and O–H groups in total. The maximum Gasteiger partial charge on any atom is 0.308 e. The van der Waals surface area contributed by atoms with E-state index in [4.69, 9.17) is 4.74 Å². The van der Waals surface area contributed by atoms with E-state index in [2.05, 4.69) is 16.0 Å². The minimum Gasteiger partial charge on any atom is -0.461 e. The summed E-state index contributed by atoms with van der Waals surface area (Å²) in [6.45, 7) is 0.986. The van der Waals surface area contributed by atoms with Gasteiger partial charge in [0, 0.05) is 0 Å². The van der Waals surface area contributed by atoms with E-state index in [1.54, 1.807) is 0 Å². The van der Waals surface area contributed by atoms with Gasteiger partial charge in [-0.15, -0.1) is 0 Å². The van der Waals surface area contributed by atoms with Crippen molar-refractivity contribution in [3.05, 3.63) is 108 Å². The second-order valence-electron chi connectivity index (χ2n) is 9.21. The van der Waals surface area contributed by atoms with Crippen LogP contribution in [0.1, 0.15) is 54.5 Å². The lowest BCUT2D eigenvalue weighted by Crippen LogP contribution is -2.43. The van der Waals surface area contributed by atoms with Crippen molar-refractivity contribution in [1.82, 2.24) is 16.0 Å². The number of hydrogen-bond acceptors (Lipinski definition) is 5. The van der Waals surface area contributed by atoms with Crippen molar-refractivity contribution in [2.24, 2.45) is 0 Å². The topological polar surface area (TPSA) is 96.5 Å². The van der Waals surface area contributed by atoms with Gasteiger partial charge >= 0.3 is 5.97 Å². The van der Waals surface area contributed by atoms with Gasteiger partial charge in [0.2, 0.25) is 11.8 Å². The Labute approximate surface area is 217 Å². The molecule has 0 saturated carbocycles. The van der Waals surface area contributed by atoms with E-state index in [9.17, 15) is 14.4 Å². The number of carbonyl (C=O) groups is 3. The van der Waals surface area contributed by atoms with Crippen LogP contribution in [-0.2, 0) is 25.7 Å². The molecule has 0 radical (unpaired) electrons. The summed E-state index contributed by atoms with van der Waals surface area (Å²) in [5.41, 5.74) is 2.56. The monoisotopic (exact) mass is 499 g/mol. The van der Waals surface area contributed by atoms with Gasteiger partial charge in [-0.2, -0.15) is 0 Å². The highest BCUT2D eigenvalue weighted by Gasteiger charge is 2.27. The van der Waals surface area contributed by atoms with Crippen LogP contribution in [0, 0.1) is 0 Å². The maximum atomic E-state index is 13.2.